The number of nitrogens with one attached hydrogen (secondary N) is 1. The van der Waals surface area contributed by atoms with Crippen LogP contribution >= 0.6 is 0 Å². The third-order valence-corrected chi connectivity index (χ3v) is 13.1. The number of fused-ring (bicyclic) bond motifs is 8. The van der Waals surface area contributed by atoms with Crippen LogP contribution in [0.4, 0.5) is 5.69 Å². The van der Waals surface area contributed by atoms with Gasteiger partial charge in [0.15, 0.2) is 0 Å². The number of nitrogens with zero attached hydrogens (tertiary/aromatic N) is 1. The van der Waals surface area contributed by atoms with Crippen molar-refractivity contribution in [3.8, 4) is 16.8 Å². The predicted octanol–water partition coefficient (Wildman–Crippen LogP) is 14.8. The molecule has 8 aromatic rings. The zero-order chi connectivity index (χ0) is 39.4. The maximum Gasteiger partial charge on any atom is 0.0544 e. The van der Waals surface area contributed by atoms with E-state index in [2.05, 4.69) is 238 Å². The molecule has 0 aliphatic heterocycles. The van der Waals surface area contributed by atoms with Crippen molar-refractivity contribution >= 4 is 49.4 Å². The summed E-state index contributed by atoms with van der Waals surface area (Å²) in [6.07, 6.45) is 15.8. The smallest absolute Gasteiger partial charge is 0.0544 e. The molecule has 1 N–H and O–H groups in total. The lowest BCUT2D eigenvalue weighted by Crippen LogP contribution is -2.36. The van der Waals surface area contributed by atoms with E-state index in [1.807, 2.05) is 0 Å². The fraction of sp³-hybridized carbons (Fsp3) is 0.107. The lowest BCUT2D eigenvalue weighted by Gasteiger charge is -2.41. The van der Waals surface area contributed by atoms with E-state index in [4.69, 9.17) is 0 Å². The number of anilines is 1. The summed E-state index contributed by atoms with van der Waals surface area (Å²) in [5.41, 5.74) is 14.1. The third-order valence-electron chi connectivity index (χ3n) is 13.1. The number of rotatable bonds is 8. The molecule has 0 radical (unpaired) electrons. The summed E-state index contributed by atoms with van der Waals surface area (Å²) in [5.74, 6) is 0.311. The van der Waals surface area contributed by atoms with Gasteiger partial charge in [-0.15, -0.1) is 0 Å². The van der Waals surface area contributed by atoms with Gasteiger partial charge in [-0.2, -0.15) is 0 Å². The number of hydrogen-bond donors (Lipinski definition) is 1. The summed E-state index contributed by atoms with van der Waals surface area (Å²) in [4.78, 5) is 0. The maximum atomic E-state index is 4.55. The molecule has 1 aromatic heterocycles. The molecule has 0 saturated carbocycles. The van der Waals surface area contributed by atoms with Crippen molar-refractivity contribution in [2.45, 2.75) is 32.1 Å². The van der Waals surface area contributed by atoms with Crippen molar-refractivity contribution in [3.63, 3.8) is 0 Å². The predicted molar refractivity (Wildman–Crippen MR) is 249 cm³/mol. The Hall–Kier alpha value is -6.90. The van der Waals surface area contributed by atoms with Crippen LogP contribution in [0.2, 0.25) is 0 Å². The summed E-state index contributed by atoms with van der Waals surface area (Å²) >= 11 is 0. The quantitative estimate of drug-likeness (QED) is 0.153. The van der Waals surface area contributed by atoms with E-state index < -0.39 is 0 Å². The second-order valence-electron chi connectivity index (χ2n) is 16.5. The first-order valence-corrected chi connectivity index (χ1v) is 20.3. The Bertz CT molecular complexity index is 3000. The van der Waals surface area contributed by atoms with Gasteiger partial charge in [-0.05, 0) is 98.5 Å². The molecule has 2 aliphatic rings. The molecule has 0 amide bonds. The molecule has 2 aliphatic carbocycles. The molecule has 280 valence electrons. The van der Waals surface area contributed by atoms with Crippen molar-refractivity contribution in [1.82, 2.24) is 4.57 Å². The van der Waals surface area contributed by atoms with Crippen molar-refractivity contribution in [1.29, 1.82) is 0 Å². The molecular formula is C56H46N2. The summed E-state index contributed by atoms with van der Waals surface area (Å²) < 4.78 is 2.47. The van der Waals surface area contributed by atoms with Gasteiger partial charge in [0.25, 0.3) is 0 Å². The average molecular weight is 747 g/mol. The lowest BCUT2D eigenvalue weighted by molar-refractivity contribution is 0.246. The highest BCUT2D eigenvalue weighted by Gasteiger charge is 2.54. The molecule has 10 rings (SSSR count). The van der Waals surface area contributed by atoms with E-state index in [1.165, 1.54) is 54.8 Å². The van der Waals surface area contributed by atoms with E-state index in [0.29, 0.717) is 5.92 Å². The van der Waals surface area contributed by atoms with Gasteiger partial charge < -0.3 is 9.88 Å². The van der Waals surface area contributed by atoms with E-state index in [0.717, 1.165) is 33.6 Å². The van der Waals surface area contributed by atoms with E-state index >= 15 is 0 Å². The van der Waals surface area contributed by atoms with Crippen molar-refractivity contribution < 1.29 is 0 Å². The molecule has 2 unspecified atom stereocenters. The number of hydrogen-bond acceptors (Lipinski definition) is 1. The van der Waals surface area contributed by atoms with Gasteiger partial charge in [0.2, 0.25) is 0 Å². The summed E-state index contributed by atoms with van der Waals surface area (Å²) in [5, 5.41) is 8.61. The van der Waals surface area contributed by atoms with Crippen molar-refractivity contribution in [2.75, 3.05) is 5.32 Å². The van der Waals surface area contributed by atoms with Crippen LogP contribution < -0.4 is 5.32 Å². The molecule has 0 bridgehead atoms. The Balaban J connectivity index is 1.17. The second-order valence-corrected chi connectivity index (χ2v) is 16.5. The van der Waals surface area contributed by atoms with Gasteiger partial charge in [-0.25, -0.2) is 0 Å². The number of allylic oxidation sites excluding steroid dienone is 8. The minimum absolute atomic E-state index is 0.0454. The molecular weight excluding hydrogens is 701 g/mol. The zero-order valence-electron chi connectivity index (χ0n) is 33.3. The first-order valence-electron chi connectivity index (χ1n) is 20.3. The van der Waals surface area contributed by atoms with Gasteiger partial charge in [0.05, 0.1) is 11.0 Å². The van der Waals surface area contributed by atoms with Crippen LogP contribution in [-0.2, 0) is 5.41 Å². The molecule has 2 atom stereocenters. The second kappa shape index (κ2) is 13.9. The topological polar surface area (TPSA) is 17.0 Å². The molecule has 0 spiro atoms. The molecule has 2 heteroatoms. The van der Waals surface area contributed by atoms with Gasteiger partial charge in [-0.3, -0.25) is 0 Å². The van der Waals surface area contributed by atoms with Gasteiger partial charge in [0.1, 0.15) is 0 Å². The van der Waals surface area contributed by atoms with Crippen molar-refractivity contribution in [2.24, 2.45) is 5.41 Å². The standard InChI is InChI=1S/C56H46N2/c1-38(39-16-7-5-8-17-39)36-44(33-35-57-50-24-15-21-42-20-11-12-22-46(42)50)43-27-31-51-48(37-43)53-52(58(51)45-28-25-41(26-29-45)40-18-9-6-10-19-40)32-30-47-49-23-13-14-34-56(49,4)55(2,3)54(47)53/h5-37,49,57H,1H2,2-4H3/b35-33-,44-36+. The lowest BCUT2D eigenvalue weighted by atomic mass is 9.62. The van der Waals surface area contributed by atoms with Gasteiger partial charge in [0, 0.05) is 50.5 Å². The van der Waals surface area contributed by atoms with Crippen LogP contribution in [-0.4, -0.2) is 4.57 Å². The highest BCUT2D eigenvalue weighted by atomic mass is 15.0. The molecule has 0 saturated heterocycles. The van der Waals surface area contributed by atoms with E-state index in [9.17, 15) is 0 Å². The third kappa shape index (κ3) is 5.71. The normalized spacial score (nSPS) is 18.3. The Labute approximate surface area is 341 Å². The molecule has 58 heavy (non-hydrogen) atoms. The van der Waals surface area contributed by atoms with E-state index in [1.54, 1.807) is 0 Å². The Morgan fingerprint density at radius 3 is 2.17 bits per heavy atom. The summed E-state index contributed by atoms with van der Waals surface area (Å²) in [7, 11) is 0. The Morgan fingerprint density at radius 1 is 0.655 bits per heavy atom. The van der Waals surface area contributed by atoms with Crippen molar-refractivity contribution in [3.05, 3.63) is 229 Å². The van der Waals surface area contributed by atoms with E-state index in [-0.39, 0.29) is 10.8 Å². The first-order chi connectivity index (χ1) is 28.3. The van der Waals surface area contributed by atoms with Crippen LogP contribution in [0.5, 0.6) is 0 Å². The zero-order valence-corrected chi connectivity index (χ0v) is 33.3. The minimum atomic E-state index is -0.122. The summed E-state index contributed by atoms with van der Waals surface area (Å²) in [6, 6.07) is 56.8. The van der Waals surface area contributed by atoms with Crippen LogP contribution in [0, 0.1) is 5.41 Å². The summed E-state index contributed by atoms with van der Waals surface area (Å²) in [6.45, 7) is 11.9. The molecule has 1 heterocycles. The molecule has 2 nitrogen and oxygen atoms in total. The monoisotopic (exact) mass is 746 g/mol. The van der Waals surface area contributed by atoms with Crippen LogP contribution in [0.25, 0.3) is 60.5 Å². The highest BCUT2D eigenvalue weighted by Crippen LogP contribution is 2.63. The SMILES string of the molecule is C=C(/C=C(\C=C/Nc1cccc2ccccc12)c1ccc2c(c1)c1c3c(ccc1n2-c1ccc(-c2ccccc2)cc1)C1C=CC=CC1(C)C3(C)C)c1ccccc1. The fourth-order valence-electron chi connectivity index (χ4n) is 9.70. The number of aromatic nitrogens is 1. The fourth-order valence-corrected chi connectivity index (χ4v) is 9.70. The van der Waals surface area contributed by atoms with Gasteiger partial charge in [-0.1, -0.05) is 173 Å². The average Bonchev–Trinajstić information content (AvgIpc) is 3.68. The van der Waals surface area contributed by atoms with Crippen LogP contribution in [0.1, 0.15) is 48.9 Å². The minimum Gasteiger partial charge on any atom is -0.361 e. The Kier molecular flexibility index (Phi) is 8.53. The van der Waals surface area contributed by atoms with Crippen LogP contribution in [0.3, 0.4) is 0 Å². The largest absolute Gasteiger partial charge is 0.361 e. The number of benzene rings is 7. The first kappa shape index (κ1) is 35.5. The van der Waals surface area contributed by atoms with Gasteiger partial charge >= 0.3 is 0 Å². The Morgan fingerprint density at radius 2 is 1.36 bits per heavy atom. The molecule has 0 fully saturated rings. The highest BCUT2D eigenvalue weighted by molar-refractivity contribution is 6.13. The molecule has 7 aromatic carbocycles. The van der Waals surface area contributed by atoms with Crippen LogP contribution in [0.15, 0.2) is 207 Å². The maximum absolute atomic E-state index is 4.55.